The molecule has 1 unspecified atom stereocenters. The molecule has 5 heteroatoms. The third-order valence-corrected chi connectivity index (χ3v) is 2.86. The SMILES string of the molecule is CC(NC[C@@H](C)O)c1ccc2c(c1)NC(=O)CO2. The van der Waals surface area contributed by atoms with Crippen molar-refractivity contribution in [2.45, 2.75) is 26.0 Å². The second kappa shape index (κ2) is 5.37. The molecule has 0 aromatic heterocycles. The molecule has 1 amide bonds. The third-order valence-electron chi connectivity index (χ3n) is 2.86. The second-order valence-corrected chi connectivity index (χ2v) is 4.57. The van der Waals surface area contributed by atoms with Crippen LogP contribution in [0.25, 0.3) is 0 Å². The van der Waals surface area contributed by atoms with Gasteiger partial charge in [-0.25, -0.2) is 0 Å². The van der Waals surface area contributed by atoms with Gasteiger partial charge < -0.3 is 20.5 Å². The van der Waals surface area contributed by atoms with Crippen LogP contribution in [-0.2, 0) is 4.79 Å². The first-order chi connectivity index (χ1) is 8.56. The number of hydrogen-bond donors (Lipinski definition) is 3. The molecule has 5 nitrogen and oxygen atoms in total. The van der Waals surface area contributed by atoms with Crippen LogP contribution < -0.4 is 15.4 Å². The minimum Gasteiger partial charge on any atom is -0.482 e. The van der Waals surface area contributed by atoms with Crippen molar-refractivity contribution in [1.29, 1.82) is 0 Å². The summed E-state index contributed by atoms with van der Waals surface area (Å²) in [5, 5.41) is 15.2. The van der Waals surface area contributed by atoms with E-state index in [-0.39, 0.29) is 24.7 Å². The van der Waals surface area contributed by atoms with Crippen LogP contribution in [-0.4, -0.2) is 30.3 Å². The van der Waals surface area contributed by atoms with Gasteiger partial charge in [0.25, 0.3) is 5.91 Å². The van der Waals surface area contributed by atoms with Gasteiger partial charge in [-0.3, -0.25) is 4.79 Å². The van der Waals surface area contributed by atoms with Gasteiger partial charge in [-0.2, -0.15) is 0 Å². The van der Waals surface area contributed by atoms with E-state index in [0.29, 0.717) is 18.0 Å². The zero-order valence-electron chi connectivity index (χ0n) is 10.6. The van der Waals surface area contributed by atoms with Crippen LogP contribution in [0.3, 0.4) is 0 Å². The quantitative estimate of drug-likeness (QED) is 0.747. The third kappa shape index (κ3) is 3.00. The Morgan fingerprint density at radius 1 is 1.50 bits per heavy atom. The Kier molecular flexibility index (Phi) is 3.84. The van der Waals surface area contributed by atoms with Gasteiger partial charge in [-0.15, -0.1) is 0 Å². The van der Waals surface area contributed by atoms with Gasteiger partial charge in [0.1, 0.15) is 5.75 Å². The van der Waals surface area contributed by atoms with E-state index >= 15 is 0 Å². The normalized spacial score (nSPS) is 17.4. The molecule has 1 aliphatic heterocycles. The van der Waals surface area contributed by atoms with E-state index in [0.717, 1.165) is 5.56 Å². The summed E-state index contributed by atoms with van der Waals surface area (Å²) >= 11 is 0. The van der Waals surface area contributed by atoms with Crippen molar-refractivity contribution in [3.63, 3.8) is 0 Å². The predicted octanol–water partition coefficient (Wildman–Crippen LogP) is 1.05. The Hall–Kier alpha value is -1.59. The molecule has 0 aliphatic carbocycles. The summed E-state index contributed by atoms with van der Waals surface area (Å²) in [6.45, 7) is 4.35. The number of carbonyl (C=O) groups is 1. The van der Waals surface area contributed by atoms with E-state index < -0.39 is 0 Å². The van der Waals surface area contributed by atoms with E-state index in [9.17, 15) is 9.90 Å². The summed E-state index contributed by atoms with van der Waals surface area (Å²) in [6.07, 6.45) is -0.381. The molecule has 2 atom stereocenters. The molecule has 0 fully saturated rings. The van der Waals surface area contributed by atoms with E-state index in [4.69, 9.17) is 4.74 Å². The van der Waals surface area contributed by atoms with E-state index in [1.165, 1.54) is 0 Å². The number of nitrogens with one attached hydrogen (secondary N) is 2. The summed E-state index contributed by atoms with van der Waals surface area (Å²) in [7, 11) is 0. The second-order valence-electron chi connectivity index (χ2n) is 4.57. The monoisotopic (exact) mass is 250 g/mol. The Labute approximate surface area is 106 Å². The molecular weight excluding hydrogens is 232 g/mol. The lowest BCUT2D eigenvalue weighted by Gasteiger charge is -2.21. The molecule has 18 heavy (non-hydrogen) atoms. The average molecular weight is 250 g/mol. The van der Waals surface area contributed by atoms with Crippen molar-refractivity contribution >= 4 is 11.6 Å². The number of aliphatic hydroxyl groups excluding tert-OH is 1. The maximum atomic E-state index is 11.2. The number of anilines is 1. The largest absolute Gasteiger partial charge is 0.482 e. The Morgan fingerprint density at radius 2 is 2.28 bits per heavy atom. The molecule has 1 aromatic rings. The van der Waals surface area contributed by atoms with Crippen molar-refractivity contribution in [2.24, 2.45) is 0 Å². The van der Waals surface area contributed by atoms with Gasteiger partial charge in [0.15, 0.2) is 6.61 Å². The van der Waals surface area contributed by atoms with Gasteiger partial charge in [-0.05, 0) is 31.5 Å². The van der Waals surface area contributed by atoms with Crippen molar-refractivity contribution in [3.8, 4) is 5.75 Å². The highest BCUT2D eigenvalue weighted by atomic mass is 16.5. The maximum Gasteiger partial charge on any atom is 0.262 e. The first-order valence-electron chi connectivity index (χ1n) is 6.04. The lowest BCUT2D eigenvalue weighted by Crippen LogP contribution is -2.28. The highest BCUT2D eigenvalue weighted by Gasteiger charge is 2.17. The standard InChI is InChI=1S/C13H18N2O3/c1-8(16)6-14-9(2)10-3-4-12-11(5-10)15-13(17)7-18-12/h3-5,8-9,14,16H,6-7H2,1-2H3,(H,15,17)/t8-,9?/m1/s1. The van der Waals surface area contributed by atoms with Crippen molar-refractivity contribution in [2.75, 3.05) is 18.5 Å². The fourth-order valence-electron chi connectivity index (χ4n) is 1.84. The molecule has 3 N–H and O–H groups in total. The number of fused-ring (bicyclic) bond motifs is 1. The van der Waals surface area contributed by atoms with Crippen LogP contribution in [0.1, 0.15) is 25.5 Å². The van der Waals surface area contributed by atoms with Crippen LogP contribution in [0.4, 0.5) is 5.69 Å². The van der Waals surface area contributed by atoms with Gasteiger partial charge >= 0.3 is 0 Å². The Balaban J connectivity index is 2.10. The zero-order chi connectivity index (χ0) is 13.1. The fourth-order valence-corrected chi connectivity index (χ4v) is 1.84. The Bertz CT molecular complexity index is 446. The molecule has 1 aromatic carbocycles. The molecule has 0 radical (unpaired) electrons. The smallest absolute Gasteiger partial charge is 0.262 e. The number of aliphatic hydroxyl groups is 1. The van der Waals surface area contributed by atoms with E-state index in [1.54, 1.807) is 6.92 Å². The average Bonchev–Trinajstić information content (AvgIpc) is 2.34. The topological polar surface area (TPSA) is 70.6 Å². The molecular formula is C13H18N2O3. The summed E-state index contributed by atoms with van der Waals surface area (Å²) in [4.78, 5) is 11.2. The van der Waals surface area contributed by atoms with Gasteiger partial charge in [-0.1, -0.05) is 6.07 Å². The molecule has 98 valence electrons. The number of ether oxygens (including phenoxy) is 1. The van der Waals surface area contributed by atoms with Crippen LogP contribution in [0.2, 0.25) is 0 Å². The van der Waals surface area contributed by atoms with E-state index in [1.807, 2.05) is 25.1 Å². The van der Waals surface area contributed by atoms with Crippen LogP contribution in [0.15, 0.2) is 18.2 Å². The maximum absolute atomic E-state index is 11.2. The molecule has 0 spiro atoms. The number of carbonyl (C=O) groups excluding carboxylic acids is 1. The fraction of sp³-hybridized carbons (Fsp3) is 0.462. The van der Waals surface area contributed by atoms with Crippen molar-refractivity contribution < 1.29 is 14.6 Å². The van der Waals surface area contributed by atoms with Crippen LogP contribution in [0.5, 0.6) is 5.75 Å². The van der Waals surface area contributed by atoms with E-state index in [2.05, 4.69) is 10.6 Å². The van der Waals surface area contributed by atoms with Gasteiger partial charge in [0.2, 0.25) is 0 Å². The lowest BCUT2D eigenvalue weighted by molar-refractivity contribution is -0.118. The van der Waals surface area contributed by atoms with Gasteiger partial charge in [0, 0.05) is 12.6 Å². The lowest BCUT2D eigenvalue weighted by atomic mass is 10.1. The summed E-state index contributed by atoms with van der Waals surface area (Å²) in [6, 6.07) is 5.80. The van der Waals surface area contributed by atoms with Crippen LogP contribution in [0, 0.1) is 0 Å². The number of hydrogen-bond acceptors (Lipinski definition) is 4. The first-order valence-corrected chi connectivity index (χ1v) is 6.04. The summed E-state index contributed by atoms with van der Waals surface area (Å²) in [5.41, 5.74) is 1.75. The summed E-state index contributed by atoms with van der Waals surface area (Å²) in [5.74, 6) is 0.560. The van der Waals surface area contributed by atoms with Gasteiger partial charge in [0.05, 0.1) is 11.8 Å². The minimum atomic E-state index is -0.381. The molecule has 0 saturated carbocycles. The minimum absolute atomic E-state index is 0.0716. The zero-order valence-corrected chi connectivity index (χ0v) is 10.6. The van der Waals surface area contributed by atoms with Crippen LogP contribution >= 0.6 is 0 Å². The molecule has 0 bridgehead atoms. The first kappa shape index (κ1) is 12.9. The highest BCUT2D eigenvalue weighted by Crippen LogP contribution is 2.30. The molecule has 2 rings (SSSR count). The molecule has 0 saturated heterocycles. The Morgan fingerprint density at radius 3 is 3.00 bits per heavy atom. The highest BCUT2D eigenvalue weighted by molar-refractivity contribution is 5.95. The number of rotatable bonds is 4. The predicted molar refractivity (Wildman–Crippen MR) is 68.7 cm³/mol. The number of amides is 1. The number of benzene rings is 1. The van der Waals surface area contributed by atoms with Crippen molar-refractivity contribution in [3.05, 3.63) is 23.8 Å². The summed E-state index contributed by atoms with van der Waals surface area (Å²) < 4.78 is 5.30. The van der Waals surface area contributed by atoms with Crippen molar-refractivity contribution in [1.82, 2.24) is 5.32 Å². The molecule has 1 heterocycles. The molecule has 1 aliphatic rings.